The molecule has 1 N–H and O–H groups in total. The summed E-state index contributed by atoms with van der Waals surface area (Å²) in [5.74, 6) is -1.84. The highest BCUT2D eigenvalue weighted by molar-refractivity contribution is 7.14. The molecule has 4 rings (SSSR count). The Labute approximate surface area is 174 Å². The van der Waals surface area contributed by atoms with Crippen LogP contribution in [0.3, 0.4) is 0 Å². The number of hydrogen-bond acceptors (Lipinski definition) is 7. The van der Waals surface area contributed by atoms with Gasteiger partial charge in [0.05, 0.1) is 16.2 Å². The molecule has 150 valence electrons. The van der Waals surface area contributed by atoms with Gasteiger partial charge in [-0.25, -0.2) is 4.98 Å². The fourth-order valence-electron chi connectivity index (χ4n) is 3.14. The maximum absolute atomic E-state index is 12.5. The third kappa shape index (κ3) is 3.55. The summed E-state index contributed by atoms with van der Waals surface area (Å²) in [5, 5.41) is 16.0. The van der Waals surface area contributed by atoms with Gasteiger partial charge >= 0.3 is 0 Å². The molecule has 3 amide bonds. The quantitative estimate of drug-likeness (QED) is 0.369. The van der Waals surface area contributed by atoms with Gasteiger partial charge in [0, 0.05) is 30.0 Å². The molecule has 0 saturated heterocycles. The van der Waals surface area contributed by atoms with Gasteiger partial charge in [-0.3, -0.25) is 29.4 Å². The van der Waals surface area contributed by atoms with E-state index in [1.54, 1.807) is 0 Å². The lowest BCUT2D eigenvalue weighted by atomic mass is 10.1. The summed E-state index contributed by atoms with van der Waals surface area (Å²) >= 11 is 1.26. The highest BCUT2D eigenvalue weighted by Crippen LogP contribution is 2.31. The second-order valence-corrected chi connectivity index (χ2v) is 7.28. The molecule has 0 saturated carbocycles. The number of anilines is 1. The molecule has 0 unspecified atom stereocenters. The van der Waals surface area contributed by atoms with E-state index in [9.17, 15) is 24.5 Å². The molecule has 3 aromatic rings. The number of carbonyl (C=O) groups is 3. The van der Waals surface area contributed by atoms with Crippen LogP contribution in [0.2, 0.25) is 0 Å². The number of imide groups is 1. The van der Waals surface area contributed by atoms with Gasteiger partial charge < -0.3 is 5.32 Å². The number of fused-ring (bicyclic) bond motifs is 1. The van der Waals surface area contributed by atoms with E-state index in [2.05, 4.69) is 10.3 Å². The van der Waals surface area contributed by atoms with E-state index >= 15 is 0 Å². The minimum absolute atomic E-state index is 0.0259. The number of carbonyl (C=O) groups excluding carboxylic acids is 3. The van der Waals surface area contributed by atoms with Crippen LogP contribution in [-0.2, 0) is 4.79 Å². The molecule has 0 radical (unpaired) electrons. The van der Waals surface area contributed by atoms with E-state index in [1.165, 1.54) is 29.5 Å². The second kappa shape index (κ2) is 7.84. The molecule has 1 aliphatic rings. The Morgan fingerprint density at radius 3 is 2.60 bits per heavy atom. The molecule has 1 aromatic heterocycles. The molecule has 0 fully saturated rings. The Bertz CT molecular complexity index is 1170. The van der Waals surface area contributed by atoms with E-state index in [4.69, 9.17) is 0 Å². The molecule has 0 bridgehead atoms. The standard InChI is InChI=1S/C20H14N4O5S/c25-16(22-20-21-14(11-30-20)12-5-2-1-3-6-12)9-10-23-18(26)13-7-4-8-15(24(28)29)17(13)19(23)27/h1-8,11H,9-10H2,(H,21,22,25). The second-order valence-electron chi connectivity index (χ2n) is 6.42. The zero-order valence-electron chi connectivity index (χ0n) is 15.4. The van der Waals surface area contributed by atoms with Crippen molar-refractivity contribution < 1.29 is 19.3 Å². The lowest BCUT2D eigenvalue weighted by molar-refractivity contribution is -0.385. The van der Waals surface area contributed by atoms with Crippen LogP contribution in [0.1, 0.15) is 27.1 Å². The van der Waals surface area contributed by atoms with Gasteiger partial charge in [-0.15, -0.1) is 11.3 Å². The molecule has 2 aromatic carbocycles. The lowest BCUT2D eigenvalue weighted by Gasteiger charge is -2.12. The Morgan fingerprint density at radius 2 is 1.87 bits per heavy atom. The number of nitro groups is 1. The van der Waals surface area contributed by atoms with E-state index in [1.807, 2.05) is 35.7 Å². The first-order valence-corrected chi connectivity index (χ1v) is 9.78. The molecule has 1 aliphatic heterocycles. The number of hydrogen-bond donors (Lipinski definition) is 1. The van der Waals surface area contributed by atoms with Gasteiger partial charge in [-0.2, -0.15) is 0 Å². The Morgan fingerprint density at radius 1 is 1.10 bits per heavy atom. The summed E-state index contributed by atoms with van der Waals surface area (Å²) in [6.45, 7) is -0.188. The van der Waals surface area contributed by atoms with Crippen LogP contribution in [0.25, 0.3) is 11.3 Å². The molecular formula is C20H14N4O5S. The number of aromatic nitrogens is 1. The number of benzene rings is 2. The lowest BCUT2D eigenvalue weighted by Crippen LogP contribution is -2.33. The predicted molar refractivity (Wildman–Crippen MR) is 109 cm³/mol. The molecule has 2 heterocycles. The molecule has 10 heteroatoms. The molecule has 0 atom stereocenters. The average Bonchev–Trinajstić information content (AvgIpc) is 3.30. The number of nitrogens with one attached hydrogen (secondary N) is 1. The smallest absolute Gasteiger partial charge is 0.282 e. The Kier molecular flexibility index (Phi) is 5.07. The number of nitrogens with zero attached hydrogens (tertiary/aromatic N) is 3. The van der Waals surface area contributed by atoms with Crippen molar-refractivity contribution in [2.45, 2.75) is 6.42 Å². The third-order valence-electron chi connectivity index (χ3n) is 4.56. The zero-order valence-corrected chi connectivity index (χ0v) is 16.2. The number of amides is 3. The van der Waals surface area contributed by atoms with Crippen LogP contribution in [0.5, 0.6) is 0 Å². The first-order valence-electron chi connectivity index (χ1n) is 8.90. The fourth-order valence-corrected chi connectivity index (χ4v) is 3.87. The third-order valence-corrected chi connectivity index (χ3v) is 5.31. The minimum Gasteiger partial charge on any atom is -0.302 e. The van der Waals surface area contributed by atoms with Crippen LogP contribution < -0.4 is 5.32 Å². The first-order chi connectivity index (χ1) is 14.5. The van der Waals surface area contributed by atoms with Crippen molar-refractivity contribution in [2.24, 2.45) is 0 Å². The van der Waals surface area contributed by atoms with Crippen molar-refractivity contribution in [3.63, 3.8) is 0 Å². The maximum Gasteiger partial charge on any atom is 0.282 e. The average molecular weight is 422 g/mol. The number of nitro benzene ring substituents is 1. The highest BCUT2D eigenvalue weighted by atomic mass is 32.1. The van der Waals surface area contributed by atoms with Gasteiger partial charge in [0.1, 0.15) is 5.56 Å². The summed E-state index contributed by atoms with van der Waals surface area (Å²) in [6.07, 6.45) is -0.153. The highest BCUT2D eigenvalue weighted by Gasteiger charge is 2.40. The summed E-state index contributed by atoms with van der Waals surface area (Å²) in [4.78, 5) is 52.9. The minimum atomic E-state index is -0.768. The van der Waals surface area contributed by atoms with Gasteiger partial charge in [0.15, 0.2) is 5.13 Å². The van der Waals surface area contributed by atoms with E-state index in [0.29, 0.717) is 5.13 Å². The van der Waals surface area contributed by atoms with Crippen molar-refractivity contribution in [1.29, 1.82) is 0 Å². The van der Waals surface area contributed by atoms with E-state index in [0.717, 1.165) is 16.2 Å². The fraction of sp³-hybridized carbons (Fsp3) is 0.100. The van der Waals surface area contributed by atoms with E-state index < -0.39 is 28.3 Å². The predicted octanol–water partition coefficient (Wildman–Crippen LogP) is 3.34. The van der Waals surface area contributed by atoms with Crippen LogP contribution in [-0.4, -0.2) is 39.1 Å². The number of rotatable bonds is 6. The van der Waals surface area contributed by atoms with Crippen LogP contribution in [0.4, 0.5) is 10.8 Å². The van der Waals surface area contributed by atoms with Crippen molar-refractivity contribution >= 4 is 39.9 Å². The zero-order chi connectivity index (χ0) is 21.3. The summed E-state index contributed by atoms with van der Waals surface area (Å²) < 4.78 is 0. The summed E-state index contributed by atoms with van der Waals surface area (Å²) in [6, 6.07) is 13.4. The Balaban J connectivity index is 1.41. The molecule has 30 heavy (non-hydrogen) atoms. The van der Waals surface area contributed by atoms with E-state index in [-0.39, 0.29) is 24.1 Å². The molecule has 0 spiro atoms. The van der Waals surface area contributed by atoms with Crippen LogP contribution in [0, 0.1) is 10.1 Å². The van der Waals surface area contributed by atoms with Crippen molar-refractivity contribution in [3.05, 3.63) is 75.2 Å². The van der Waals surface area contributed by atoms with Gasteiger partial charge in [0.2, 0.25) is 5.91 Å². The molecule has 9 nitrogen and oxygen atoms in total. The Hall–Kier alpha value is -3.92. The summed E-state index contributed by atoms with van der Waals surface area (Å²) in [7, 11) is 0. The van der Waals surface area contributed by atoms with Crippen LogP contribution in [0.15, 0.2) is 53.9 Å². The topological polar surface area (TPSA) is 123 Å². The van der Waals surface area contributed by atoms with Gasteiger partial charge in [-0.05, 0) is 6.07 Å². The summed E-state index contributed by atoms with van der Waals surface area (Å²) in [5.41, 5.74) is 0.960. The largest absolute Gasteiger partial charge is 0.302 e. The first kappa shape index (κ1) is 19.4. The van der Waals surface area contributed by atoms with Gasteiger partial charge in [0.25, 0.3) is 17.5 Å². The molecular weight excluding hydrogens is 408 g/mol. The van der Waals surface area contributed by atoms with Crippen molar-refractivity contribution in [1.82, 2.24) is 9.88 Å². The molecule has 0 aliphatic carbocycles. The van der Waals surface area contributed by atoms with Gasteiger partial charge in [-0.1, -0.05) is 36.4 Å². The maximum atomic E-state index is 12.5. The normalized spacial score (nSPS) is 12.7. The number of thiazole rings is 1. The monoisotopic (exact) mass is 422 g/mol. The van der Waals surface area contributed by atoms with Crippen LogP contribution >= 0.6 is 11.3 Å². The van der Waals surface area contributed by atoms with Crippen molar-refractivity contribution in [3.8, 4) is 11.3 Å². The SMILES string of the molecule is O=C(CCN1C(=O)c2cccc([N+](=O)[O-])c2C1=O)Nc1nc(-c2ccccc2)cs1. The van der Waals surface area contributed by atoms with Crippen molar-refractivity contribution in [2.75, 3.05) is 11.9 Å².